The van der Waals surface area contributed by atoms with Gasteiger partial charge in [0.15, 0.2) is 5.82 Å². The van der Waals surface area contributed by atoms with E-state index in [0.29, 0.717) is 23.7 Å². The fraction of sp³-hybridized carbons (Fsp3) is 0.450. The quantitative estimate of drug-likeness (QED) is 0.561. The molecule has 1 aromatic heterocycles. The third kappa shape index (κ3) is 6.18. The van der Waals surface area contributed by atoms with Crippen LogP contribution in [-0.2, 0) is 28.8 Å². The Hall–Kier alpha value is -2.43. The van der Waals surface area contributed by atoms with Crippen molar-refractivity contribution in [1.29, 1.82) is 0 Å². The molecule has 0 amide bonds. The predicted octanol–water partition coefficient (Wildman–Crippen LogP) is 4.05. The normalized spacial score (nSPS) is 11.4. The van der Waals surface area contributed by atoms with Crippen molar-refractivity contribution in [2.75, 3.05) is 0 Å². The zero-order valence-corrected chi connectivity index (χ0v) is 15.5. The van der Waals surface area contributed by atoms with E-state index >= 15 is 0 Å². The van der Waals surface area contributed by atoms with Crippen molar-refractivity contribution in [2.24, 2.45) is 0 Å². The maximum absolute atomic E-state index is 11.9. The highest BCUT2D eigenvalue weighted by Gasteiger charge is 2.20. The zero-order chi connectivity index (χ0) is 18.4. The first-order valence-corrected chi connectivity index (χ1v) is 8.57. The van der Waals surface area contributed by atoms with E-state index in [4.69, 9.17) is 9.26 Å². The Morgan fingerprint density at radius 3 is 2.44 bits per heavy atom. The molecule has 0 spiro atoms. The van der Waals surface area contributed by atoms with Gasteiger partial charge in [0.2, 0.25) is 5.89 Å². The van der Waals surface area contributed by atoms with Gasteiger partial charge in [-0.05, 0) is 38.3 Å². The summed E-state index contributed by atoms with van der Waals surface area (Å²) in [6, 6.07) is 8.43. The first kappa shape index (κ1) is 18.9. The number of carbonyl (C=O) groups excluding carboxylic acids is 1. The Morgan fingerprint density at radius 2 is 1.84 bits per heavy atom. The molecule has 0 N–H and O–H groups in total. The van der Waals surface area contributed by atoms with Crippen molar-refractivity contribution < 1.29 is 14.1 Å². The van der Waals surface area contributed by atoms with Gasteiger partial charge in [-0.1, -0.05) is 49.3 Å². The first-order valence-electron chi connectivity index (χ1n) is 8.57. The fourth-order valence-electron chi connectivity index (χ4n) is 2.33. The van der Waals surface area contributed by atoms with Crippen LogP contribution in [0.5, 0.6) is 0 Å². The largest absolute Gasteiger partial charge is 0.457 e. The number of aromatic nitrogens is 2. The molecular formula is C20H26N2O3. The number of ether oxygens (including phenoxy) is 1. The van der Waals surface area contributed by atoms with Crippen molar-refractivity contribution in [3.05, 3.63) is 59.3 Å². The first-order chi connectivity index (χ1) is 11.8. The summed E-state index contributed by atoms with van der Waals surface area (Å²) in [5, 5.41) is 3.98. The molecule has 1 heterocycles. The minimum Gasteiger partial charge on any atom is -0.457 e. The SMILES string of the molecule is C=C(Cc1nc(Cc2ccc(CCC)cc2)no1)C(=O)OC(C)(C)C. The monoisotopic (exact) mass is 342 g/mol. The van der Waals surface area contributed by atoms with Crippen molar-refractivity contribution in [3.8, 4) is 0 Å². The molecule has 0 bridgehead atoms. The number of hydrogen-bond acceptors (Lipinski definition) is 5. The Labute approximate surface area is 149 Å². The Morgan fingerprint density at radius 1 is 1.20 bits per heavy atom. The third-order valence-corrected chi connectivity index (χ3v) is 3.49. The number of nitrogens with zero attached hydrogens (tertiary/aromatic N) is 2. The summed E-state index contributed by atoms with van der Waals surface area (Å²) in [7, 11) is 0. The van der Waals surface area contributed by atoms with Crippen LogP contribution in [0.25, 0.3) is 0 Å². The molecule has 2 aromatic rings. The molecule has 0 aliphatic heterocycles. The topological polar surface area (TPSA) is 65.2 Å². The number of carbonyl (C=O) groups is 1. The van der Waals surface area contributed by atoms with Gasteiger partial charge in [0.05, 0.1) is 6.42 Å². The summed E-state index contributed by atoms with van der Waals surface area (Å²) in [6.45, 7) is 11.4. The molecule has 0 fully saturated rings. The number of benzene rings is 1. The molecule has 0 aliphatic carbocycles. The van der Waals surface area contributed by atoms with E-state index in [1.807, 2.05) is 20.8 Å². The summed E-state index contributed by atoms with van der Waals surface area (Å²) in [5.74, 6) is 0.516. The molecular weight excluding hydrogens is 316 g/mol. The number of hydrogen-bond donors (Lipinski definition) is 0. The molecule has 0 atom stereocenters. The number of esters is 1. The van der Waals surface area contributed by atoms with Gasteiger partial charge in [-0.15, -0.1) is 0 Å². The van der Waals surface area contributed by atoms with Gasteiger partial charge in [0, 0.05) is 12.0 Å². The molecule has 25 heavy (non-hydrogen) atoms. The molecule has 134 valence electrons. The average molecular weight is 342 g/mol. The maximum atomic E-state index is 11.9. The van der Waals surface area contributed by atoms with Crippen molar-refractivity contribution >= 4 is 5.97 Å². The standard InChI is InChI=1S/C20H26N2O3/c1-6-7-15-8-10-16(11-9-15)13-17-21-18(25-22-17)12-14(2)19(23)24-20(3,4)5/h8-11H,2,6-7,12-13H2,1,3-5H3. The lowest BCUT2D eigenvalue weighted by atomic mass is 10.1. The Kier molecular flexibility index (Phi) is 6.12. The molecule has 0 radical (unpaired) electrons. The molecule has 2 rings (SSSR count). The molecule has 0 saturated heterocycles. The van der Waals surface area contributed by atoms with Gasteiger partial charge in [-0.3, -0.25) is 0 Å². The minimum atomic E-state index is -0.552. The lowest BCUT2D eigenvalue weighted by molar-refractivity contribution is -0.150. The maximum Gasteiger partial charge on any atom is 0.334 e. The summed E-state index contributed by atoms with van der Waals surface area (Å²) in [4.78, 5) is 16.3. The summed E-state index contributed by atoms with van der Waals surface area (Å²) in [5.41, 5.74) is 2.20. The van der Waals surface area contributed by atoms with Crippen LogP contribution in [-0.4, -0.2) is 21.7 Å². The van der Waals surface area contributed by atoms with E-state index in [-0.39, 0.29) is 6.42 Å². The average Bonchev–Trinajstić information content (AvgIpc) is 2.95. The highest BCUT2D eigenvalue weighted by Crippen LogP contribution is 2.14. The van der Waals surface area contributed by atoms with Crippen LogP contribution in [0.2, 0.25) is 0 Å². The second-order valence-electron chi connectivity index (χ2n) is 7.13. The fourth-order valence-corrected chi connectivity index (χ4v) is 2.33. The highest BCUT2D eigenvalue weighted by molar-refractivity contribution is 5.88. The summed E-state index contributed by atoms with van der Waals surface area (Å²) >= 11 is 0. The van der Waals surface area contributed by atoms with Gasteiger partial charge < -0.3 is 9.26 Å². The third-order valence-electron chi connectivity index (χ3n) is 3.49. The second-order valence-corrected chi connectivity index (χ2v) is 7.13. The minimum absolute atomic E-state index is 0.192. The predicted molar refractivity (Wildman–Crippen MR) is 96.2 cm³/mol. The highest BCUT2D eigenvalue weighted by atomic mass is 16.6. The van der Waals surface area contributed by atoms with Crippen LogP contribution >= 0.6 is 0 Å². The van der Waals surface area contributed by atoms with E-state index in [0.717, 1.165) is 18.4 Å². The van der Waals surface area contributed by atoms with Crippen molar-refractivity contribution in [3.63, 3.8) is 0 Å². The van der Waals surface area contributed by atoms with Crippen LogP contribution in [0.3, 0.4) is 0 Å². The van der Waals surface area contributed by atoms with Crippen molar-refractivity contribution in [1.82, 2.24) is 10.1 Å². The summed E-state index contributed by atoms with van der Waals surface area (Å²) < 4.78 is 10.5. The van der Waals surface area contributed by atoms with Crippen LogP contribution in [0.1, 0.15) is 57.0 Å². The Balaban J connectivity index is 1.93. The molecule has 1 aromatic carbocycles. The lowest BCUT2D eigenvalue weighted by Crippen LogP contribution is -2.25. The van der Waals surface area contributed by atoms with Gasteiger partial charge in [-0.25, -0.2) is 4.79 Å². The van der Waals surface area contributed by atoms with Crippen LogP contribution in [0, 0.1) is 0 Å². The van der Waals surface area contributed by atoms with Crippen LogP contribution in [0.15, 0.2) is 40.9 Å². The van der Waals surface area contributed by atoms with E-state index in [2.05, 4.69) is 47.9 Å². The summed E-state index contributed by atoms with van der Waals surface area (Å²) in [6.07, 6.45) is 3.00. The van der Waals surface area contributed by atoms with Gasteiger partial charge in [0.1, 0.15) is 5.60 Å². The number of rotatable bonds is 7. The molecule has 0 unspecified atom stereocenters. The Bertz CT molecular complexity index is 724. The van der Waals surface area contributed by atoms with E-state index in [1.165, 1.54) is 5.56 Å². The van der Waals surface area contributed by atoms with E-state index in [1.54, 1.807) is 0 Å². The molecule has 0 saturated carbocycles. The number of aryl methyl sites for hydroxylation is 1. The van der Waals surface area contributed by atoms with Crippen molar-refractivity contribution in [2.45, 2.75) is 59.0 Å². The molecule has 5 heteroatoms. The van der Waals surface area contributed by atoms with Crippen LogP contribution in [0.4, 0.5) is 0 Å². The van der Waals surface area contributed by atoms with Gasteiger partial charge >= 0.3 is 5.97 Å². The molecule has 5 nitrogen and oxygen atoms in total. The van der Waals surface area contributed by atoms with Gasteiger partial charge in [-0.2, -0.15) is 4.98 Å². The smallest absolute Gasteiger partial charge is 0.334 e. The van der Waals surface area contributed by atoms with Crippen LogP contribution < -0.4 is 0 Å². The van der Waals surface area contributed by atoms with E-state index in [9.17, 15) is 4.79 Å². The zero-order valence-electron chi connectivity index (χ0n) is 15.5. The molecule has 0 aliphatic rings. The van der Waals surface area contributed by atoms with Gasteiger partial charge in [0.25, 0.3) is 0 Å². The van der Waals surface area contributed by atoms with E-state index < -0.39 is 11.6 Å². The lowest BCUT2D eigenvalue weighted by Gasteiger charge is -2.19. The second kappa shape index (κ2) is 8.10.